The number of aryl methyl sites for hydroxylation is 5. The molecule has 6 heteroatoms. The number of alkyl halides is 3. The Kier molecular flexibility index (Phi) is 10.8. The number of hydrogen-bond donors (Lipinski definition) is 0. The number of hydrogen-bond acceptors (Lipinski definition) is 1. The van der Waals surface area contributed by atoms with Crippen molar-refractivity contribution in [2.45, 2.75) is 40.8 Å². The molecule has 3 nitrogen and oxygen atoms in total. The highest BCUT2D eigenvalue weighted by molar-refractivity contribution is 6.13. The van der Waals surface area contributed by atoms with Crippen molar-refractivity contribution in [1.29, 1.82) is 5.26 Å². The van der Waals surface area contributed by atoms with E-state index in [-0.39, 0.29) is 0 Å². The zero-order chi connectivity index (χ0) is 50.3. The van der Waals surface area contributed by atoms with E-state index in [0.717, 1.165) is 110 Å². The molecule has 0 aliphatic heterocycles. The standard InChI is InChI=1S/C67H48F3N3/c1-40-10-6-14-45(26-40)49-18-22-56-57-23-19-50(46-15-7-11-41(2)27-46)34-63(57)72(62(56)33-49)61-38-60(53-30-44(5)31-55(32-53)67(68,69)70)66(37-54(61)39-71)73-64-35-51(47-16-8-12-42(3)28-47)20-24-58(64)59-25-21-52(36-65(59)73)48-17-9-13-43(4)29-48/h6-38H,1-5H3. The molecule has 0 spiro atoms. The number of nitrogens with zero attached hydrogens (tertiary/aromatic N) is 3. The van der Waals surface area contributed by atoms with Crippen molar-refractivity contribution in [2.75, 3.05) is 0 Å². The normalized spacial score (nSPS) is 11.8. The van der Waals surface area contributed by atoms with Crippen LogP contribution in [0.1, 0.15) is 38.9 Å². The minimum atomic E-state index is -4.61. The van der Waals surface area contributed by atoms with Gasteiger partial charge in [0.1, 0.15) is 6.07 Å². The van der Waals surface area contributed by atoms with Crippen molar-refractivity contribution >= 4 is 43.6 Å². The van der Waals surface area contributed by atoms with Crippen LogP contribution in [0, 0.1) is 45.9 Å². The fourth-order valence-electron chi connectivity index (χ4n) is 10.9. The SMILES string of the molecule is Cc1cccc(-c2ccc3c4ccc(-c5cccc(C)c5)cc4n(-c4cc(-c5cc(C)cc(C(F)(F)F)c5)c(-n5c6cc(-c7cccc(C)c7)ccc6c6ccc(-c7cccc(C)c7)cc65)cc4C#N)c3c2)c1. The Balaban J connectivity index is 1.22. The second-order valence-corrected chi connectivity index (χ2v) is 19.7. The molecule has 0 bridgehead atoms. The van der Waals surface area contributed by atoms with E-state index in [2.05, 4.69) is 201 Å². The zero-order valence-electron chi connectivity index (χ0n) is 41.0. The third-order valence-corrected chi connectivity index (χ3v) is 14.4. The second kappa shape index (κ2) is 17.4. The molecule has 0 saturated carbocycles. The minimum absolute atomic E-state index is 0.364. The predicted molar refractivity (Wildman–Crippen MR) is 296 cm³/mol. The van der Waals surface area contributed by atoms with Crippen molar-refractivity contribution in [3.8, 4) is 73.1 Å². The summed E-state index contributed by atoms with van der Waals surface area (Å²) in [6, 6.07) is 70.1. The van der Waals surface area contributed by atoms with Gasteiger partial charge >= 0.3 is 6.18 Å². The molecule has 0 radical (unpaired) electrons. The molecule has 0 aliphatic carbocycles. The first-order valence-electron chi connectivity index (χ1n) is 24.5. The van der Waals surface area contributed by atoms with Gasteiger partial charge in [-0.3, -0.25) is 0 Å². The van der Waals surface area contributed by atoms with E-state index in [1.165, 1.54) is 12.1 Å². The Labute approximate surface area is 422 Å². The highest BCUT2D eigenvalue weighted by Crippen LogP contribution is 2.45. The van der Waals surface area contributed by atoms with E-state index in [0.29, 0.717) is 33.6 Å². The maximum absolute atomic E-state index is 15.0. The van der Waals surface area contributed by atoms with Crippen molar-refractivity contribution in [1.82, 2.24) is 9.13 Å². The summed E-state index contributed by atoms with van der Waals surface area (Å²) in [7, 11) is 0. The first kappa shape index (κ1) is 45.2. The highest BCUT2D eigenvalue weighted by Gasteiger charge is 2.32. The van der Waals surface area contributed by atoms with Gasteiger partial charge in [0.25, 0.3) is 0 Å². The number of benzene rings is 10. The van der Waals surface area contributed by atoms with Crippen LogP contribution in [-0.4, -0.2) is 9.13 Å². The van der Waals surface area contributed by atoms with Crippen molar-refractivity contribution in [3.05, 3.63) is 239 Å². The summed E-state index contributed by atoms with van der Waals surface area (Å²) >= 11 is 0. The Hall–Kier alpha value is -8.92. The Morgan fingerprint density at radius 2 is 0.685 bits per heavy atom. The first-order chi connectivity index (χ1) is 35.3. The van der Waals surface area contributed by atoms with Crippen LogP contribution in [-0.2, 0) is 6.18 Å². The van der Waals surface area contributed by atoms with Crippen LogP contribution in [0.15, 0.2) is 200 Å². The fraction of sp³-hybridized carbons (Fsp3) is 0.0896. The molecule has 12 aromatic rings. The van der Waals surface area contributed by atoms with E-state index in [9.17, 15) is 5.26 Å². The quantitative estimate of drug-likeness (QED) is 0.157. The van der Waals surface area contributed by atoms with Crippen molar-refractivity contribution in [2.24, 2.45) is 0 Å². The Morgan fingerprint density at radius 3 is 1.03 bits per heavy atom. The van der Waals surface area contributed by atoms with Gasteiger partial charge in [0.15, 0.2) is 0 Å². The monoisotopic (exact) mass is 951 g/mol. The summed E-state index contributed by atoms with van der Waals surface area (Å²) in [4.78, 5) is 0. The molecule has 0 atom stereocenters. The molecule has 2 heterocycles. The van der Waals surface area contributed by atoms with E-state index in [1.807, 2.05) is 30.3 Å². The molecule has 12 rings (SSSR count). The summed E-state index contributed by atoms with van der Waals surface area (Å²) < 4.78 is 49.4. The molecule has 2 aromatic heterocycles. The third kappa shape index (κ3) is 8.04. The average molecular weight is 952 g/mol. The van der Waals surface area contributed by atoms with Crippen LogP contribution in [0.3, 0.4) is 0 Å². The molecular weight excluding hydrogens is 904 g/mol. The third-order valence-electron chi connectivity index (χ3n) is 14.4. The van der Waals surface area contributed by atoms with Gasteiger partial charge in [-0.05, 0) is 139 Å². The lowest BCUT2D eigenvalue weighted by molar-refractivity contribution is -0.137. The summed E-state index contributed by atoms with van der Waals surface area (Å²) in [6.45, 7) is 10.0. The van der Waals surface area contributed by atoms with Gasteiger partial charge in [0.05, 0.1) is 44.6 Å². The molecule has 0 N–H and O–H groups in total. The Morgan fingerprint density at radius 1 is 0.342 bits per heavy atom. The van der Waals surface area contributed by atoms with Crippen LogP contribution >= 0.6 is 0 Å². The van der Waals surface area contributed by atoms with E-state index >= 15 is 13.2 Å². The summed E-state index contributed by atoms with van der Waals surface area (Å²) in [6.07, 6.45) is -4.61. The van der Waals surface area contributed by atoms with Crippen LogP contribution in [0.4, 0.5) is 13.2 Å². The molecule has 0 aliphatic rings. The lowest BCUT2D eigenvalue weighted by atomic mass is 9.95. The number of halogens is 3. The van der Waals surface area contributed by atoms with Gasteiger partial charge in [-0.25, -0.2) is 0 Å². The predicted octanol–water partition coefficient (Wildman–Crippen LogP) is 18.6. The summed E-state index contributed by atoms with van der Waals surface area (Å²) in [5.41, 5.74) is 18.3. The zero-order valence-corrected chi connectivity index (χ0v) is 41.0. The van der Waals surface area contributed by atoms with E-state index in [4.69, 9.17) is 0 Å². The maximum atomic E-state index is 15.0. The topological polar surface area (TPSA) is 33.6 Å². The van der Waals surface area contributed by atoms with Gasteiger partial charge in [-0.15, -0.1) is 0 Å². The highest BCUT2D eigenvalue weighted by atomic mass is 19.4. The van der Waals surface area contributed by atoms with Gasteiger partial charge < -0.3 is 9.13 Å². The number of nitriles is 1. The lowest BCUT2D eigenvalue weighted by Crippen LogP contribution is -2.07. The fourth-order valence-corrected chi connectivity index (χ4v) is 10.9. The second-order valence-electron chi connectivity index (χ2n) is 19.7. The van der Waals surface area contributed by atoms with Crippen LogP contribution in [0.2, 0.25) is 0 Å². The van der Waals surface area contributed by atoms with Crippen molar-refractivity contribution in [3.63, 3.8) is 0 Å². The van der Waals surface area contributed by atoms with Gasteiger partial charge in [-0.2, -0.15) is 18.4 Å². The lowest BCUT2D eigenvalue weighted by Gasteiger charge is -2.20. The number of rotatable bonds is 7. The molecule has 0 saturated heterocycles. The molecule has 0 unspecified atom stereocenters. The summed E-state index contributed by atoms with van der Waals surface area (Å²) in [5, 5.41) is 15.5. The minimum Gasteiger partial charge on any atom is -0.309 e. The smallest absolute Gasteiger partial charge is 0.309 e. The molecule has 352 valence electrons. The van der Waals surface area contributed by atoms with Gasteiger partial charge in [0.2, 0.25) is 0 Å². The van der Waals surface area contributed by atoms with E-state index < -0.39 is 11.7 Å². The van der Waals surface area contributed by atoms with Crippen molar-refractivity contribution < 1.29 is 13.2 Å². The maximum Gasteiger partial charge on any atom is 0.416 e. The van der Waals surface area contributed by atoms with Gasteiger partial charge in [-0.1, -0.05) is 174 Å². The molecular formula is C67H48F3N3. The van der Waals surface area contributed by atoms with Crippen LogP contribution in [0.5, 0.6) is 0 Å². The van der Waals surface area contributed by atoms with Crippen LogP contribution in [0.25, 0.3) is 111 Å². The number of aromatic nitrogens is 2. The molecule has 73 heavy (non-hydrogen) atoms. The molecule has 10 aromatic carbocycles. The van der Waals surface area contributed by atoms with E-state index in [1.54, 1.807) is 6.92 Å². The molecule has 0 fully saturated rings. The summed E-state index contributed by atoms with van der Waals surface area (Å²) in [5.74, 6) is 0. The number of fused-ring (bicyclic) bond motifs is 6. The molecule has 0 amide bonds. The average Bonchev–Trinajstić information content (AvgIpc) is 3.89. The van der Waals surface area contributed by atoms with Gasteiger partial charge in [0, 0.05) is 27.1 Å². The largest absolute Gasteiger partial charge is 0.416 e. The van der Waals surface area contributed by atoms with Crippen LogP contribution < -0.4 is 0 Å². The first-order valence-corrected chi connectivity index (χ1v) is 24.5. The Bertz CT molecular complexity index is 4070.